The van der Waals surface area contributed by atoms with Gasteiger partial charge >= 0.3 is 0 Å². The van der Waals surface area contributed by atoms with Crippen molar-refractivity contribution in [1.29, 1.82) is 0 Å². The maximum Gasteiger partial charge on any atom is 0.273 e. The minimum absolute atomic E-state index is 0.271. The first-order chi connectivity index (χ1) is 13.8. The van der Waals surface area contributed by atoms with Gasteiger partial charge in [-0.25, -0.2) is 9.36 Å². The summed E-state index contributed by atoms with van der Waals surface area (Å²) in [5.41, 5.74) is 3.18. The summed E-state index contributed by atoms with van der Waals surface area (Å²) in [6.45, 7) is 1.48. The molecule has 1 amide bonds. The van der Waals surface area contributed by atoms with Crippen molar-refractivity contribution in [2.45, 2.75) is 19.6 Å². The van der Waals surface area contributed by atoms with Gasteiger partial charge in [-0.1, -0.05) is 71.1 Å². The number of hydrogen-bond acceptors (Lipinski definition) is 5. The minimum atomic E-state index is -0.295. The molecule has 28 heavy (non-hydrogen) atoms. The zero-order valence-electron chi connectivity index (χ0n) is 15.1. The summed E-state index contributed by atoms with van der Waals surface area (Å²) >= 11 is 0. The summed E-state index contributed by atoms with van der Waals surface area (Å²) in [7, 11) is 0. The number of carbonyl (C=O) groups excluding carboxylic acids is 1. The van der Waals surface area contributed by atoms with E-state index in [0.717, 1.165) is 11.1 Å². The van der Waals surface area contributed by atoms with Crippen LogP contribution < -0.4 is 5.32 Å². The third-order valence-corrected chi connectivity index (χ3v) is 4.16. The Morgan fingerprint density at radius 3 is 2.00 bits per heavy atom. The van der Waals surface area contributed by atoms with Gasteiger partial charge in [0.25, 0.3) is 5.91 Å². The van der Waals surface area contributed by atoms with Gasteiger partial charge in [0, 0.05) is 0 Å². The topological polar surface area (TPSA) is 90.5 Å². The van der Waals surface area contributed by atoms with E-state index in [2.05, 4.69) is 25.9 Å². The molecule has 0 unspecified atom stereocenters. The predicted molar refractivity (Wildman–Crippen MR) is 102 cm³/mol. The average molecular weight is 373 g/mol. The second-order valence-electron chi connectivity index (χ2n) is 6.36. The van der Waals surface area contributed by atoms with Crippen molar-refractivity contribution in [2.24, 2.45) is 0 Å². The number of amides is 1. The molecule has 2 heterocycles. The minimum Gasteiger partial charge on any atom is -0.345 e. The lowest BCUT2D eigenvalue weighted by Gasteiger charge is -2.00. The first kappa shape index (κ1) is 17.6. The molecule has 4 aromatic rings. The van der Waals surface area contributed by atoms with Gasteiger partial charge in [-0.05, 0) is 11.1 Å². The molecule has 0 saturated heterocycles. The monoisotopic (exact) mass is 373 g/mol. The van der Waals surface area contributed by atoms with E-state index in [1.54, 1.807) is 15.6 Å². The van der Waals surface area contributed by atoms with Crippen LogP contribution in [0.3, 0.4) is 0 Å². The highest BCUT2D eigenvalue weighted by Crippen LogP contribution is 2.04. The fraction of sp³-hybridized carbons (Fsp3) is 0.150. The van der Waals surface area contributed by atoms with Gasteiger partial charge in [0.2, 0.25) is 0 Å². The number of rotatable bonds is 7. The summed E-state index contributed by atoms with van der Waals surface area (Å²) in [6, 6.07) is 19.9. The smallest absolute Gasteiger partial charge is 0.273 e. The number of carbonyl (C=O) groups is 1. The first-order valence-electron chi connectivity index (χ1n) is 8.91. The zero-order valence-corrected chi connectivity index (χ0v) is 15.1. The summed E-state index contributed by atoms with van der Waals surface area (Å²) in [4.78, 5) is 12.3. The SMILES string of the molecule is O=C(NCc1cn(Cc2ccccc2)nn1)c1cn(Cc2ccccc2)nn1. The van der Waals surface area contributed by atoms with Crippen molar-refractivity contribution in [3.05, 3.63) is 95.6 Å². The number of benzene rings is 2. The van der Waals surface area contributed by atoms with E-state index >= 15 is 0 Å². The highest BCUT2D eigenvalue weighted by atomic mass is 16.2. The summed E-state index contributed by atoms with van der Waals surface area (Å²) in [5, 5.41) is 18.9. The van der Waals surface area contributed by atoms with Crippen LogP contribution in [0.4, 0.5) is 0 Å². The molecule has 8 heteroatoms. The molecule has 8 nitrogen and oxygen atoms in total. The molecule has 0 fully saturated rings. The van der Waals surface area contributed by atoms with Crippen LogP contribution in [0.2, 0.25) is 0 Å². The Bertz CT molecular complexity index is 1040. The van der Waals surface area contributed by atoms with E-state index in [1.807, 2.05) is 66.9 Å². The second kappa shape index (κ2) is 8.26. The van der Waals surface area contributed by atoms with Crippen molar-refractivity contribution in [1.82, 2.24) is 35.3 Å². The van der Waals surface area contributed by atoms with Crippen molar-refractivity contribution in [3.63, 3.8) is 0 Å². The maximum absolute atomic E-state index is 12.3. The fourth-order valence-corrected chi connectivity index (χ4v) is 2.78. The molecule has 140 valence electrons. The van der Waals surface area contributed by atoms with Gasteiger partial charge < -0.3 is 5.32 Å². The number of aromatic nitrogens is 6. The first-order valence-corrected chi connectivity index (χ1v) is 8.91. The van der Waals surface area contributed by atoms with Gasteiger partial charge in [-0.15, -0.1) is 10.2 Å². The van der Waals surface area contributed by atoms with Crippen molar-refractivity contribution in [2.75, 3.05) is 0 Å². The third kappa shape index (κ3) is 4.47. The molecule has 0 atom stereocenters. The quantitative estimate of drug-likeness (QED) is 0.534. The molecular formula is C20H19N7O. The van der Waals surface area contributed by atoms with Crippen LogP contribution in [-0.2, 0) is 19.6 Å². The summed E-state index contributed by atoms with van der Waals surface area (Å²) in [6.07, 6.45) is 3.45. The molecule has 0 spiro atoms. The molecule has 0 saturated carbocycles. The van der Waals surface area contributed by atoms with Crippen molar-refractivity contribution in [3.8, 4) is 0 Å². The van der Waals surface area contributed by atoms with Crippen LogP contribution in [0.5, 0.6) is 0 Å². The van der Waals surface area contributed by atoms with Crippen LogP contribution in [-0.4, -0.2) is 35.9 Å². The second-order valence-corrected chi connectivity index (χ2v) is 6.36. The fourth-order valence-electron chi connectivity index (χ4n) is 2.78. The Balaban J connectivity index is 1.31. The number of nitrogens with zero attached hydrogens (tertiary/aromatic N) is 6. The highest BCUT2D eigenvalue weighted by Gasteiger charge is 2.12. The Morgan fingerprint density at radius 2 is 1.36 bits per heavy atom. The molecule has 0 aliphatic rings. The van der Waals surface area contributed by atoms with E-state index in [4.69, 9.17) is 0 Å². The molecule has 0 aliphatic heterocycles. The van der Waals surface area contributed by atoms with E-state index in [0.29, 0.717) is 18.8 Å². The standard InChI is InChI=1S/C20H19N7O/c28-20(19-15-27(25-23-19)13-17-9-5-2-6-10-17)21-11-18-14-26(24-22-18)12-16-7-3-1-4-8-16/h1-10,14-15H,11-13H2,(H,21,28). The van der Waals surface area contributed by atoms with Crippen LogP contribution >= 0.6 is 0 Å². The van der Waals surface area contributed by atoms with E-state index < -0.39 is 0 Å². The Morgan fingerprint density at radius 1 is 0.786 bits per heavy atom. The number of hydrogen-bond donors (Lipinski definition) is 1. The van der Waals surface area contributed by atoms with Crippen molar-refractivity contribution >= 4 is 5.91 Å². The average Bonchev–Trinajstić information content (AvgIpc) is 3.37. The largest absolute Gasteiger partial charge is 0.345 e. The molecule has 1 N–H and O–H groups in total. The van der Waals surface area contributed by atoms with Crippen molar-refractivity contribution < 1.29 is 4.79 Å². The maximum atomic E-state index is 12.3. The summed E-state index contributed by atoms with van der Waals surface area (Å²) < 4.78 is 3.38. The van der Waals surface area contributed by atoms with Gasteiger partial charge in [0.15, 0.2) is 5.69 Å². The molecule has 0 bridgehead atoms. The van der Waals surface area contributed by atoms with Gasteiger partial charge in [0.1, 0.15) is 5.69 Å². The third-order valence-electron chi connectivity index (χ3n) is 4.16. The lowest BCUT2D eigenvalue weighted by molar-refractivity contribution is 0.0945. The van der Waals surface area contributed by atoms with Crippen LogP contribution in [0.15, 0.2) is 73.1 Å². The van der Waals surface area contributed by atoms with Gasteiger partial charge in [-0.3, -0.25) is 4.79 Å². The lowest BCUT2D eigenvalue weighted by atomic mass is 10.2. The Labute approximate surface area is 161 Å². The van der Waals surface area contributed by atoms with E-state index in [1.165, 1.54) is 0 Å². The van der Waals surface area contributed by atoms with Crippen LogP contribution in [0.25, 0.3) is 0 Å². The molecule has 0 aliphatic carbocycles. The summed E-state index contributed by atoms with van der Waals surface area (Å²) in [5.74, 6) is -0.295. The van der Waals surface area contributed by atoms with E-state index in [9.17, 15) is 4.79 Å². The van der Waals surface area contributed by atoms with Gasteiger partial charge in [-0.2, -0.15) is 0 Å². The molecule has 4 rings (SSSR count). The van der Waals surface area contributed by atoms with Crippen LogP contribution in [0, 0.1) is 0 Å². The Hall–Kier alpha value is -3.81. The van der Waals surface area contributed by atoms with E-state index in [-0.39, 0.29) is 18.1 Å². The van der Waals surface area contributed by atoms with Gasteiger partial charge in [0.05, 0.1) is 32.0 Å². The normalized spacial score (nSPS) is 10.7. The molecule has 0 radical (unpaired) electrons. The van der Waals surface area contributed by atoms with Crippen LogP contribution in [0.1, 0.15) is 27.3 Å². The lowest BCUT2D eigenvalue weighted by Crippen LogP contribution is -2.23. The zero-order chi connectivity index (χ0) is 19.2. The number of nitrogens with one attached hydrogen (secondary N) is 1. The molecule has 2 aromatic heterocycles. The predicted octanol–water partition coefficient (Wildman–Crippen LogP) is 1.90. The molecular weight excluding hydrogens is 354 g/mol. The Kier molecular flexibility index (Phi) is 5.19. The molecule has 2 aromatic carbocycles. The highest BCUT2D eigenvalue weighted by molar-refractivity contribution is 5.91.